The average Bonchev–Trinajstić information content (AvgIpc) is 2.31. The monoisotopic (exact) mass is 346 g/mol. The molecule has 90 valence electrons. The molecule has 0 bridgehead atoms. The number of hydrogen-bond acceptors (Lipinski definition) is 0. The van der Waals surface area contributed by atoms with Gasteiger partial charge in [0.2, 0.25) is 0 Å². The molecule has 0 aliphatic carbocycles. The number of alkyl halides is 2. The van der Waals surface area contributed by atoms with Crippen molar-refractivity contribution >= 4 is 31.9 Å². The average molecular weight is 348 g/mol. The molecule has 0 saturated heterocycles. The molecule has 0 aliphatic heterocycles. The maximum atomic E-state index is 3.69. The lowest BCUT2D eigenvalue weighted by atomic mass is 9.81. The topological polar surface area (TPSA) is 0 Å². The van der Waals surface area contributed by atoms with Crippen LogP contribution in [0, 0.1) is 12.3 Å². The smallest absolute Gasteiger partial charge is 0.00991 e. The first-order valence-electron chi connectivity index (χ1n) is 5.84. The van der Waals surface area contributed by atoms with Crippen molar-refractivity contribution in [3.63, 3.8) is 0 Å². The minimum absolute atomic E-state index is 0.362. The van der Waals surface area contributed by atoms with Gasteiger partial charge in [-0.15, -0.1) is 0 Å². The van der Waals surface area contributed by atoms with Gasteiger partial charge in [-0.2, -0.15) is 0 Å². The highest BCUT2D eigenvalue weighted by Gasteiger charge is 2.27. The summed E-state index contributed by atoms with van der Waals surface area (Å²) < 4.78 is 0. The van der Waals surface area contributed by atoms with Crippen molar-refractivity contribution in [1.29, 1.82) is 0 Å². The highest BCUT2D eigenvalue weighted by atomic mass is 79.9. The number of rotatable bonds is 6. The molecule has 0 radical (unpaired) electrons. The van der Waals surface area contributed by atoms with Gasteiger partial charge in [-0.3, -0.25) is 0 Å². The van der Waals surface area contributed by atoms with E-state index < -0.39 is 0 Å². The number of hydrogen-bond donors (Lipinski definition) is 0. The summed E-state index contributed by atoms with van der Waals surface area (Å²) in [7, 11) is 0. The van der Waals surface area contributed by atoms with Crippen LogP contribution in [-0.4, -0.2) is 10.7 Å². The summed E-state index contributed by atoms with van der Waals surface area (Å²) in [5.41, 5.74) is 3.25. The van der Waals surface area contributed by atoms with Crippen molar-refractivity contribution in [1.82, 2.24) is 0 Å². The van der Waals surface area contributed by atoms with Gasteiger partial charge >= 0.3 is 0 Å². The first-order chi connectivity index (χ1) is 7.67. The van der Waals surface area contributed by atoms with Gasteiger partial charge in [0.25, 0.3) is 0 Å². The lowest BCUT2D eigenvalue weighted by molar-refractivity contribution is 0.351. The molecule has 0 aromatic heterocycles. The van der Waals surface area contributed by atoms with Crippen molar-refractivity contribution in [3.8, 4) is 0 Å². The first kappa shape index (κ1) is 14.2. The molecule has 0 unspecified atom stereocenters. The summed E-state index contributed by atoms with van der Waals surface area (Å²) in [6.45, 7) is 4.46. The molecule has 1 aromatic rings. The lowest BCUT2D eigenvalue weighted by Crippen LogP contribution is -2.27. The van der Waals surface area contributed by atoms with Gasteiger partial charge in [0, 0.05) is 10.7 Å². The quantitative estimate of drug-likeness (QED) is 0.627. The van der Waals surface area contributed by atoms with Crippen molar-refractivity contribution in [2.24, 2.45) is 5.41 Å². The third-order valence-corrected chi connectivity index (χ3v) is 5.55. The zero-order chi connectivity index (χ0) is 12.0. The van der Waals surface area contributed by atoms with Crippen LogP contribution >= 0.6 is 31.9 Å². The van der Waals surface area contributed by atoms with Crippen molar-refractivity contribution < 1.29 is 0 Å². The fourth-order valence-corrected chi connectivity index (χ4v) is 3.98. The number of benzene rings is 1. The van der Waals surface area contributed by atoms with E-state index in [0.29, 0.717) is 5.41 Å². The molecule has 0 nitrogen and oxygen atoms in total. The SMILES string of the molecule is CCCC(CBr)(CBr)Cc1ccccc1C. The first-order valence-corrected chi connectivity index (χ1v) is 8.08. The van der Waals surface area contributed by atoms with E-state index in [9.17, 15) is 0 Å². The van der Waals surface area contributed by atoms with Gasteiger partial charge < -0.3 is 0 Å². The Labute approximate surface area is 116 Å². The van der Waals surface area contributed by atoms with E-state index in [0.717, 1.165) is 17.1 Å². The van der Waals surface area contributed by atoms with E-state index in [2.05, 4.69) is 70.0 Å². The number of aryl methyl sites for hydroxylation is 1. The molecule has 0 aliphatic rings. The van der Waals surface area contributed by atoms with Crippen molar-refractivity contribution in [2.45, 2.75) is 33.1 Å². The molecule has 1 rings (SSSR count). The van der Waals surface area contributed by atoms with Gasteiger partial charge in [-0.05, 0) is 36.3 Å². The summed E-state index contributed by atoms with van der Waals surface area (Å²) in [6, 6.07) is 8.71. The van der Waals surface area contributed by atoms with Crippen LogP contribution in [-0.2, 0) is 6.42 Å². The fourth-order valence-electron chi connectivity index (χ4n) is 2.09. The minimum atomic E-state index is 0.362. The van der Waals surface area contributed by atoms with E-state index in [1.165, 1.54) is 24.0 Å². The molecule has 0 spiro atoms. The van der Waals surface area contributed by atoms with E-state index in [1.54, 1.807) is 0 Å². The van der Waals surface area contributed by atoms with Crippen LogP contribution in [0.3, 0.4) is 0 Å². The van der Waals surface area contributed by atoms with Gasteiger partial charge in [0.15, 0.2) is 0 Å². The molecule has 0 fully saturated rings. The van der Waals surface area contributed by atoms with Crippen molar-refractivity contribution in [3.05, 3.63) is 35.4 Å². The molecule has 16 heavy (non-hydrogen) atoms. The highest BCUT2D eigenvalue weighted by Crippen LogP contribution is 2.33. The van der Waals surface area contributed by atoms with E-state index in [1.807, 2.05) is 0 Å². The molecule has 1 aromatic carbocycles. The van der Waals surface area contributed by atoms with Crippen LogP contribution in [0.25, 0.3) is 0 Å². The Kier molecular flexibility index (Phi) is 6.06. The molecule has 0 N–H and O–H groups in total. The zero-order valence-electron chi connectivity index (χ0n) is 10.1. The predicted octanol–water partition coefficient (Wildman–Crippen LogP) is 5.11. The zero-order valence-corrected chi connectivity index (χ0v) is 13.3. The minimum Gasteiger partial charge on any atom is -0.0922 e. The predicted molar refractivity (Wildman–Crippen MR) is 79.8 cm³/mol. The van der Waals surface area contributed by atoms with Crippen LogP contribution in [0.4, 0.5) is 0 Å². The largest absolute Gasteiger partial charge is 0.0922 e. The Morgan fingerprint density at radius 1 is 1.12 bits per heavy atom. The molecule has 2 heteroatoms. The molecule has 0 saturated carbocycles. The van der Waals surface area contributed by atoms with E-state index in [4.69, 9.17) is 0 Å². The second-order valence-corrected chi connectivity index (χ2v) is 5.74. The second-order valence-electron chi connectivity index (χ2n) is 4.62. The van der Waals surface area contributed by atoms with Crippen LogP contribution < -0.4 is 0 Å². The maximum Gasteiger partial charge on any atom is 0.00991 e. The summed E-state index contributed by atoms with van der Waals surface area (Å²) >= 11 is 7.37. The van der Waals surface area contributed by atoms with Gasteiger partial charge in [-0.25, -0.2) is 0 Å². The highest BCUT2D eigenvalue weighted by molar-refractivity contribution is 9.09. The Morgan fingerprint density at radius 3 is 2.25 bits per heavy atom. The summed E-state index contributed by atoms with van der Waals surface area (Å²) in [5.74, 6) is 0. The molecule has 0 atom stereocenters. The normalized spacial score (nSPS) is 11.8. The van der Waals surface area contributed by atoms with Gasteiger partial charge in [0.05, 0.1) is 0 Å². The van der Waals surface area contributed by atoms with Crippen LogP contribution in [0.2, 0.25) is 0 Å². The summed E-state index contributed by atoms with van der Waals surface area (Å²) in [4.78, 5) is 0. The Morgan fingerprint density at radius 2 is 1.75 bits per heavy atom. The Balaban J connectivity index is 2.87. The molecular formula is C14H20Br2. The van der Waals surface area contributed by atoms with Gasteiger partial charge in [-0.1, -0.05) is 69.5 Å². The van der Waals surface area contributed by atoms with Crippen LogP contribution in [0.15, 0.2) is 24.3 Å². The van der Waals surface area contributed by atoms with E-state index >= 15 is 0 Å². The van der Waals surface area contributed by atoms with Crippen molar-refractivity contribution in [2.75, 3.05) is 10.7 Å². The fraction of sp³-hybridized carbons (Fsp3) is 0.571. The Hall–Kier alpha value is 0.180. The molecular weight excluding hydrogens is 328 g/mol. The summed E-state index contributed by atoms with van der Waals surface area (Å²) in [6.07, 6.45) is 3.66. The molecule has 0 amide bonds. The second kappa shape index (κ2) is 6.80. The molecule has 0 heterocycles. The Bertz CT molecular complexity index is 316. The maximum absolute atomic E-state index is 3.69. The van der Waals surface area contributed by atoms with Gasteiger partial charge in [0.1, 0.15) is 0 Å². The van der Waals surface area contributed by atoms with Crippen LogP contribution in [0.5, 0.6) is 0 Å². The number of halogens is 2. The van der Waals surface area contributed by atoms with E-state index in [-0.39, 0.29) is 0 Å². The third-order valence-electron chi connectivity index (χ3n) is 3.17. The standard InChI is InChI=1S/C14H20Br2/c1-3-8-14(10-15,11-16)9-13-7-5-4-6-12(13)2/h4-7H,3,8-11H2,1-2H3. The third kappa shape index (κ3) is 3.59. The summed E-state index contributed by atoms with van der Waals surface area (Å²) in [5, 5.41) is 2.13. The lowest BCUT2D eigenvalue weighted by Gasteiger charge is -2.30. The van der Waals surface area contributed by atoms with Crippen LogP contribution in [0.1, 0.15) is 30.9 Å².